The summed E-state index contributed by atoms with van der Waals surface area (Å²) in [6, 6.07) is 34.6. The summed E-state index contributed by atoms with van der Waals surface area (Å²) >= 11 is 0. The fourth-order valence-corrected chi connectivity index (χ4v) is 4.40. The Hall–Kier alpha value is -5.24. The van der Waals surface area contributed by atoms with Crippen molar-refractivity contribution in [3.8, 4) is 0 Å². The van der Waals surface area contributed by atoms with Gasteiger partial charge in [-0.1, -0.05) is 97.1 Å². The molecule has 0 saturated heterocycles. The molecule has 0 heterocycles. The van der Waals surface area contributed by atoms with Gasteiger partial charge in [0.2, 0.25) is 11.8 Å². The second kappa shape index (κ2) is 15.5. The normalized spacial score (nSPS) is 11.9. The molecule has 0 fully saturated rings. The van der Waals surface area contributed by atoms with Gasteiger partial charge < -0.3 is 21.3 Å². The Morgan fingerprint density at radius 2 is 0.762 bits per heavy atom. The minimum absolute atomic E-state index is 0.141. The Labute approximate surface area is 245 Å². The molecule has 4 aromatic rings. The summed E-state index contributed by atoms with van der Waals surface area (Å²) in [7, 11) is 0. The molecule has 0 unspecified atom stereocenters. The molecule has 4 aromatic carbocycles. The highest BCUT2D eigenvalue weighted by Crippen LogP contribution is 2.07. The lowest BCUT2D eigenvalue weighted by molar-refractivity contribution is -0.124. The van der Waals surface area contributed by atoms with Gasteiger partial charge >= 0.3 is 0 Å². The van der Waals surface area contributed by atoms with Crippen LogP contribution < -0.4 is 21.3 Å². The molecule has 4 N–H and O–H groups in total. The van der Waals surface area contributed by atoms with Crippen molar-refractivity contribution in [2.24, 2.45) is 0 Å². The van der Waals surface area contributed by atoms with Crippen molar-refractivity contribution >= 4 is 23.6 Å². The Morgan fingerprint density at radius 1 is 0.452 bits per heavy atom. The van der Waals surface area contributed by atoms with E-state index in [0.717, 1.165) is 11.1 Å². The summed E-state index contributed by atoms with van der Waals surface area (Å²) in [5.74, 6) is -1.43. The van der Waals surface area contributed by atoms with Gasteiger partial charge in [0.1, 0.15) is 12.1 Å². The Morgan fingerprint density at radius 3 is 1.10 bits per heavy atom. The number of rotatable bonds is 13. The summed E-state index contributed by atoms with van der Waals surface area (Å²) < 4.78 is 0. The zero-order valence-corrected chi connectivity index (χ0v) is 23.2. The molecule has 4 amide bonds. The topological polar surface area (TPSA) is 116 Å². The first-order valence-corrected chi connectivity index (χ1v) is 13.8. The summed E-state index contributed by atoms with van der Waals surface area (Å²) in [5, 5.41) is 11.3. The molecule has 0 aromatic heterocycles. The van der Waals surface area contributed by atoms with Gasteiger partial charge in [-0.05, 0) is 35.4 Å². The largest absolute Gasteiger partial charge is 0.353 e. The highest BCUT2D eigenvalue weighted by atomic mass is 16.2. The lowest BCUT2D eigenvalue weighted by atomic mass is 10.0. The Kier molecular flexibility index (Phi) is 11.0. The van der Waals surface area contributed by atoms with Crippen molar-refractivity contribution in [1.82, 2.24) is 21.3 Å². The van der Waals surface area contributed by atoms with Crippen LogP contribution in [0.3, 0.4) is 0 Å². The smallest absolute Gasteiger partial charge is 0.251 e. The molecule has 0 saturated carbocycles. The maximum Gasteiger partial charge on any atom is 0.251 e. The van der Waals surface area contributed by atoms with Gasteiger partial charge in [-0.2, -0.15) is 0 Å². The average molecular weight is 563 g/mol. The molecule has 42 heavy (non-hydrogen) atoms. The van der Waals surface area contributed by atoms with E-state index in [1.165, 1.54) is 0 Å². The summed E-state index contributed by atoms with van der Waals surface area (Å²) in [5.41, 5.74) is 2.71. The van der Waals surface area contributed by atoms with Gasteiger partial charge in [-0.3, -0.25) is 19.2 Å². The number of hydrogen-bond donors (Lipinski definition) is 4. The summed E-state index contributed by atoms with van der Waals surface area (Å²) in [6.07, 6.45) is 0.616. The molecule has 8 nitrogen and oxygen atoms in total. The van der Waals surface area contributed by atoms with Crippen LogP contribution in [0.25, 0.3) is 0 Å². The second-order valence-electron chi connectivity index (χ2n) is 9.75. The summed E-state index contributed by atoms with van der Waals surface area (Å²) in [4.78, 5) is 51.9. The molecular formula is C34H34N4O4. The van der Waals surface area contributed by atoms with E-state index in [1.54, 1.807) is 48.5 Å². The number of nitrogens with one attached hydrogen (secondary N) is 4. The first-order valence-electron chi connectivity index (χ1n) is 13.8. The third-order valence-corrected chi connectivity index (χ3v) is 6.60. The molecule has 214 valence electrons. The molecule has 0 spiro atoms. The van der Waals surface area contributed by atoms with Crippen LogP contribution in [0, 0.1) is 0 Å². The van der Waals surface area contributed by atoms with Crippen molar-refractivity contribution in [3.05, 3.63) is 144 Å². The number of carbonyl (C=O) groups excluding carboxylic acids is 4. The van der Waals surface area contributed by atoms with E-state index in [1.807, 2.05) is 72.8 Å². The standard InChI is InChI=1S/C34H34N4O4/c39-31(27-17-9-3-10-18-27)37-29(23-25-13-5-1-6-14-25)33(41)35-21-22-36-34(42)30(24-26-15-7-2-8-16-26)38-32(40)28-19-11-4-12-20-28/h1-20,29-30H,21-24H2,(H,35,41)(H,36,42)(H,37,39)(H,38,40)/t29-,30-/m0/s1. The van der Waals surface area contributed by atoms with Crippen LogP contribution in [0.1, 0.15) is 31.8 Å². The maximum atomic E-state index is 13.1. The van der Waals surface area contributed by atoms with E-state index >= 15 is 0 Å². The molecule has 0 aliphatic heterocycles. The van der Waals surface area contributed by atoms with E-state index < -0.39 is 12.1 Å². The third kappa shape index (κ3) is 9.16. The number of hydrogen-bond acceptors (Lipinski definition) is 4. The van der Waals surface area contributed by atoms with Crippen LogP contribution >= 0.6 is 0 Å². The van der Waals surface area contributed by atoms with Crippen LogP contribution in [0.5, 0.6) is 0 Å². The number of benzene rings is 4. The van der Waals surface area contributed by atoms with E-state index in [4.69, 9.17) is 0 Å². The van der Waals surface area contributed by atoms with Crippen LogP contribution in [-0.2, 0) is 22.4 Å². The molecule has 8 heteroatoms. The second-order valence-corrected chi connectivity index (χ2v) is 9.75. The van der Waals surface area contributed by atoms with Gasteiger partial charge in [0, 0.05) is 37.1 Å². The molecule has 2 atom stereocenters. The van der Waals surface area contributed by atoms with E-state index in [9.17, 15) is 19.2 Å². The predicted molar refractivity (Wildman–Crippen MR) is 162 cm³/mol. The number of carbonyl (C=O) groups is 4. The van der Waals surface area contributed by atoms with E-state index in [2.05, 4.69) is 21.3 Å². The zero-order valence-electron chi connectivity index (χ0n) is 23.2. The molecule has 0 aliphatic carbocycles. The van der Waals surface area contributed by atoms with Crippen molar-refractivity contribution in [2.75, 3.05) is 13.1 Å². The molecule has 0 bridgehead atoms. The van der Waals surface area contributed by atoms with Crippen molar-refractivity contribution in [3.63, 3.8) is 0 Å². The number of amides is 4. The highest BCUT2D eigenvalue weighted by molar-refractivity contribution is 5.98. The lowest BCUT2D eigenvalue weighted by Gasteiger charge is -2.20. The quantitative estimate of drug-likeness (QED) is 0.187. The van der Waals surface area contributed by atoms with Crippen molar-refractivity contribution in [2.45, 2.75) is 24.9 Å². The van der Waals surface area contributed by atoms with Gasteiger partial charge in [0.05, 0.1) is 0 Å². The van der Waals surface area contributed by atoms with Crippen LogP contribution in [0.15, 0.2) is 121 Å². The van der Waals surface area contributed by atoms with Crippen LogP contribution in [-0.4, -0.2) is 48.8 Å². The fourth-order valence-electron chi connectivity index (χ4n) is 4.40. The van der Waals surface area contributed by atoms with Crippen LogP contribution in [0.4, 0.5) is 0 Å². The van der Waals surface area contributed by atoms with E-state index in [-0.39, 0.29) is 36.7 Å². The fraction of sp³-hybridized carbons (Fsp3) is 0.176. The zero-order chi connectivity index (χ0) is 29.6. The van der Waals surface area contributed by atoms with Crippen LogP contribution in [0.2, 0.25) is 0 Å². The molecule has 4 rings (SSSR count). The highest BCUT2D eigenvalue weighted by Gasteiger charge is 2.23. The molecule has 0 aliphatic rings. The SMILES string of the molecule is O=C(N[C@@H](Cc1ccccc1)C(=O)NCCNC(=O)[C@H](Cc1ccccc1)NC(=O)c1ccccc1)c1ccccc1. The van der Waals surface area contributed by atoms with E-state index in [0.29, 0.717) is 24.0 Å². The van der Waals surface area contributed by atoms with Gasteiger partial charge in [0.25, 0.3) is 11.8 Å². The average Bonchev–Trinajstić information content (AvgIpc) is 3.04. The predicted octanol–water partition coefficient (Wildman–Crippen LogP) is 3.30. The van der Waals surface area contributed by atoms with Crippen molar-refractivity contribution < 1.29 is 19.2 Å². The minimum Gasteiger partial charge on any atom is -0.353 e. The monoisotopic (exact) mass is 562 g/mol. The Balaban J connectivity index is 1.34. The first kappa shape index (κ1) is 29.7. The Bertz CT molecular complexity index is 1340. The van der Waals surface area contributed by atoms with Gasteiger partial charge in [-0.15, -0.1) is 0 Å². The molecular weight excluding hydrogens is 528 g/mol. The summed E-state index contributed by atoms with van der Waals surface area (Å²) in [6.45, 7) is 0.281. The van der Waals surface area contributed by atoms with Gasteiger partial charge in [0.15, 0.2) is 0 Å². The van der Waals surface area contributed by atoms with Gasteiger partial charge in [-0.25, -0.2) is 0 Å². The minimum atomic E-state index is -0.813. The molecule has 0 radical (unpaired) electrons. The maximum absolute atomic E-state index is 13.1. The van der Waals surface area contributed by atoms with Crippen molar-refractivity contribution in [1.29, 1.82) is 0 Å². The third-order valence-electron chi connectivity index (χ3n) is 6.60. The lowest BCUT2D eigenvalue weighted by Crippen LogP contribution is -2.51. The first-order chi connectivity index (χ1) is 20.5.